The molecule has 0 heterocycles. The Hall–Kier alpha value is -1.10. The van der Waals surface area contributed by atoms with E-state index in [0.717, 1.165) is 18.5 Å². The Bertz CT molecular complexity index is 357. The Labute approximate surface area is 109 Å². The van der Waals surface area contributed by atoms with E-state index in [0.29, 0.717) is 12.4 Å². The standard InChI is InChI=1S/C14H23NO3/c1-3-7-15-14(2,10-17)11-18-13-6-4-5-12(8-13)9-16/h4-6,8,15-17H,3,7,9-11H2,1-2H3. The van der Waals surface area contributed by atoms with Crippen molar-refractivity contribution in [2.45, 2.75) is 32.4 Å². The van der Waals surface area contributed by atoms with E-state index in [-0.39, 0.29) is 13.2 Å². The van der Waals surface area contributed by atoms with Crippen LogP contribution in [0.15, 0.2) is 24.3 Å². The van der Waals surface area contributed by atoms with E-state index in [1.165, 1.54) is 0 Å². The van der Waals surface area contributed by atoms with Gasteiger partial charge in [-0.2, -0.15) is 0 Å². The van der Waals surface area contributed by atoms with Crippen molar-refractivity contribution >= 4 is 0 Å². The zero-order chi connectivity index (χ0) is 13.4. The van der Waals surface area contributed by atoms with Crippen LogP contribution >= 0.6 is 0 Å². The molecule has 0 saturated carbocycles. The van der Waals surface area contributed by atoms with Crippen molar-refractivity contribution in [3.8, 4) is 5.75 Å². The van der Waals surface area contributed by atoms with Crippen LogP contribution in [0.3, 0.4) is 0 Å². The second-order valence-corrected chi connectivity index (χ2v) is 4.74. The molecule has 0 saturated heterocycles. The molecule has 0 spiro atoms. The maximum absolute atomic E-state index is 9.41. The van der Waals surface area contributed by atoms with Gasteiger partial charge in [-0.1, -0.05) is 19.1 Å². The van der Waals surface area contributed by atoms with Crippen molar-refractivity contribution in [3.63, 3.8) is 0 Å². The van der Waals surface area contributed by atoms with E-state index in [4.69, 9.17) is 9.84 Å². The first-order valence-electron chi connectivity index (χ1n) is 6.32. The minimum atomic E-state index is -0.439. The van der Waals surface area contributed by atoms with Crippen LogP contribution in [0.5, 0.6) is 5.75 Å². The number of aliphatic hydroxyl groups excluding tert-OH is 2. The fraction of sp³-hybridized carbons (Fsp3) is 0.571. The molecular formula is C14H23NO3. The number of nitrogens with one attached hydrogen (secondary N) is 1. The molecule has 0 aromatic heterocycles. The van der Waals surface area contributed by atoms with Crippen molar-refractivity contribution in [3.05, 3.63) is 29.8 Å². The molecule has 4 heteroatoms. The van der Waals surface area contributed by atoms with Crippen molar-refractivity contribution in [1.82, 2.24) is 5.32 Å². The van der Waals surface area contributed by atoms with Crippen molar-refractivity contribution in [1.29, 1.82) is 0 Å². The lowest BCUT2D eigenvalue weighted by Gasteiger charge is -2.28. The summed E-state index contributed by atoms with van der Waals surface area (Å²) in [6.07, 6.45) is 1.01. The lowest BCUT2D eigenvalue weighted by Crippen LogP contribution is -2.50. The van der Waals surface area contributed by atoms with Crippen LogP contribution in [0.2, 0.25) is 0 Å². The highest BCUT2D eigenvalue weighted by Crippen LogP contribution is 2.15. The highest BCUT2D eigenvalue weighted by molar-refractivity contribution is 5.28. The molecule has 3 N–H and O–H groups in total. The molecule has 102 valence electrons. The molecule has 0 bridgehead atoms. The van der Waals surface area contributed by atoms with Crippen LogP contribution in [-0.2, 0) is 6.61 Å². The van der Waals surface area contributed by atoms with E-state index < -0.39 is 5.54 Å². The van der Waals surface area contributed by atoms with Gasteiger partial charge in [0.05, 0.1) is 18.8 Å². The SMILES string of the molecule is CCCNC(C)(CO)COc1cccc(CO)c1. The molecule has 18 heavy (non-hydrogen) atoms. The van der Waals surface area contributed by atoms with Gasteiger partial charge in [-0.25, -0.2) is 0 Å². The predicted molar refractivity (Wildman–Crippen MR) is 71.6 cm³/mol. The van der Waals surface area contributed by atoms with Crippen LogP contribution < -0.4 is 10.1 Å². The van der Waals surface area contributed by atoms with Gasteiger partial charge >= 0.3 is 0 Å². The second-order valence-electron chi connectivity index (χ2n) is 4.74. The molecule has 1 aromatic carbocycles. The maximum atomic E-state index is 9.41. The van der Waals surface area contributed by atoms with Crippen molar-refractivity contribution in [2.75, 3.05) is 19.8 Å². The molecule has 0 amide bonds. The summed E-state index contributed by atoms with van der Waals surface area (Å²) in [6, 6.07) is 7.33. The Balaban J connectivity index is 2.55. The van der Waals surface area contributed by atoms with E-state index in [1.807, 2.05) is 25.1 Å². The summed E-state index contributed by atoms with van der Waals surface area (Å²) in [5.41, 5.74) is 0.380. The summed E-state index contributed by atoms with van der Waals surface area (Å²) in [6.45, 7) is 5.26. The topological polar surface area (TPSA) is 61.7 Å². The number of rotatable bonds is 8. The lowest BCUT2D eigenvalue weighted by molar-refractivity contribution is 0.116. The van der Waals surface area contributed by atoms with Gasteiger partial charge in [0.2, 0.25) is 0 Å². The quantitative estimate of drug-likeness (QED) is 0.653. The zero-order valence-electron chi connectivity index (χ0n) is 11.1. The van der Waals surface area contributed by atoms with E-state index in [9.17, 15) is 5.11 Å². The second kappa shape index (κ2) is 7.36. The first kappa shape index (κ1) is 15.0. The van der Waals surface area contributed by atoms with E-state index in [1.54, 1.807) is 6.07 Å². The Morgan fingerprint density at radius 3 is 2.72 bits per heavy atom. The number of hydrogen-bond acceptors (Lipinski definition) is 4. The van der Waals surface area contributed by atoms with Gasteiger partial charge in [0.15, 0.2) is 0 Å². The van der Waals surface area contributed by atoms with Crippen LogP contribution in [0.25, 0.3) is 0 Å². The van der Waals surface area contributed by atoms with Crippen molar-refractivity contribution < 1.29 is 14.9 Å². The molecule has 1 unspecified atom stereocenters. The fourth-order valence-corrected chi connectivity index (χ4v) is 1.56. The van der Waals surface area contributed by atoms with Gasteiger partial charge in [-0.15, -0.1) is 0 Å². The van der Waals surface area contributed by atoms with Crippen LogP contribution in [0, 0.1) is 0 Å². The molecule has 1 rings (SSSR count). The summed E-state index contributed by atoms with van der Waals surface area (Å²) in [5.74, 6) is 0.708. The summed E-state index contributed by atoms with van der Waals surface area (Å²) in [4.78, 5) is 0. The van der Waals surface area contributed by atoms with E-state index in [2.05, 4.69) is 12.2 Å². The monoisotopic (exact) mass is 253 g/mol. The van der Waals surface area contributed by atoms with Crippen molar-refractivity contribution in [2.24, 2.45) is 0 Å². The van der Waals surface area contributed by atoms with Gasteiger partial charge in [0, 0.05) is 0 Å². The summed E-state index contributed by atoms with van der Waals surface area (Å²) >= 11 is 0. The molecule has 0 aliphatic rings. The normalized spacial score (nSPS) is 14.2. The molecule has 0 fully saturated rings. The molecule has 1 atom stereocenters. The number of hydrogen-bond donors (Lipinski definition) is 3. The van der Waals surface area contributed by atoms with Gasteiger partial charge in [0.25, 0.3) is 0 Å². The molecule has 0 aliphatic carbocycles. The minimum absolute atomic E-state index is 0.00253. The third-order valence-electron chi connectivity index (χ3n) is 2.79. The lowest BCUT2D eigenvalue weighted by atomic mass is 10.1. The molecular weight excluding hydrogens is 230 g/mol. The number of aliphatic hydroxyl groups is 2. The first-order chi connectivity index (χ1) is 8.63. The number of benzene rings is 1. The Morgan fingerprint density at radius 1 is 1.33 bits per heavy atom. The van der Waals surface area contributed by atoms with Crippen LogP contribution in [0.1, 0.15) is 25.8 Å². The van der Waals surface area contributed by atoms with Crippen LogP contribution in [0.4, 0.5) is 0 Å². The summed E-state index contributed by atoms with van der Waals surface area (Å²) in [7, 11) is 0. The fourth-order valence-electron chi connectivity index (χ4n) is 1.56. The highest BCUT2D eigenvalue weighted by Gasteiger charge is 2.23. The van der Waals surface area contributed by atoms with Gasteiger partial charge in [-0.3, -0.25) is 0 Å². The Kier molecular flexibility index (Phi) is 6.12. The third-order valence-corrected chi connectivity index (χ3v) is 2.79. The highest BCUT2D eigenvalue weighted by atomic mass is 16.5. The Morgan fingerprint density at radius 2 is 2.11 bits per heavy atom. The minimum Gasteiger partial charge on any atom is -0.492 e. The molecule has 0 radical (unpaired) electrons. The number of ether oxygens (including phenoxy) is 1. The first-order valence-corrected chi connectivity index (χ1v) is 6.32. The van der Waals surface area contributed by atoms with Gasteiger partial charge < -0.3 is 20.3 Å². The maximum Gasteiger partial charge on any atom is 0.119 e. The van der Waals surface area contributed by atoms with E-state index >= 15 is 0 Å². The average molecular weight is 253 g/mol. The smallest absolute Gasteiger partial charge is 0.119 e. The third kappa shape index (κ3) is 4.64. The van der Waals surface area contributed by atoms with Gasteiger partial charge in [-0.05, 0) is 37.6 Å². The predicted octanol–water partition coefficient (Wildman–Crippen LogP) is 1.31. The molecule has 1 aromatic rings. The average Bonchev–Trinajstić information content (AvgIpc) is 2.43. The van der Waals surface area contributed by atoms with Crippen LogP contribution in [-0.4, -0.2) is 35.5 Å². The van der Waals surface area contributed by atoms with Gasteiger partial charge in [0.1, 0.15) is 12.4 Å². The zero-order valence-corrected chi connectivity index (χ0v) is 11.1. The largest absolute Gasteiger partial charge is 0.492 e. The molecule has 4 nitrogen and oxygen atoms in total. The molecule has 0 aliphatic heterocycles. The summed E-state index contributed by atoms with van der Waals surface area (Å²) in [5, 5.41) is 21.7. The summed E-state index contributed by atoms with van der Waals surface area (Å²) < 4.78 is 5.67.